The number of rotatable bonds is 5. The third kappa shape index (κ3) is 4.43. The predicted molar refractivity (Wildman–Crippen MR) is 102 cm³/mol. The first-order valence-electron chi connectivity index (χ1n) is 8.28. The summed E-state index contributed by atoms with van der Waals surface area (Å²) in [6, 6.07) is 7.98. The second-order valence-corrected chi connectivity index (χ2v) is 9.57. The molecule has 0 radical (unpaired) electrons. The van der Waals surface area contributed by atoms with Gasteiger partial charge in [-0.05, 0) is 54.4 Å². The minimum absolute atomic E-state index is 0.153. The lowest BCUT2D eigenvalue weighted by molar-refractivity contribution is -0.137. The first kappa shape index (κ1) is 21.3. The zero-order valence-corrected chi connectivity index (χ0v) is 17.0. The third-order valence-corrected chi connectivity index (χ3v) is 6.71. The quantitative estimate of drug-likeness (QED) is 0.631. The molecular weight excluding hydrogens is 427 g/mol. The minimum Gasteiger partial charge on any atom is -0.481 e. The molecule has 10 heteroatoms. The SMILES string of the molecule is Cc1c(CC(=O)O)c2cc(C(F)(F)F)ccn2c1Sc1ccc(S(C)(=O)=O)cc1. The number of fused-ring (bicyclic) bond motifs is 1. The Balaban J connectivity index is 2.12. The van der Waals surface area contributed by atoms with E-state index in [9.17, 15) is 31.5 Å². The maximum atomic E-state index is 13.1. The molecule has 3 aromatic rings. The molecule has 0 saturated heterocycles. The Hall–Kier alpha value is -2.46. The fourth-order valence-electron chi connectivity index (χ4n) is 2.95. The van der Waals surface area contributed by atoms with E-state index in [1.807, 2.05) is 0 Å². The van der Waals surface area contributed by atoms with Crippen molar-refractivity contribution in [1.82, 2.24) is 4.40 Å². The number of carboxylic acid groups (broad SMARTS) is 1. The van der Waals surface area contributed by atoms with Crippen molar-refractivity contribution in [3.8, 4) is 0 Å². The van der Waals surface area contributed by atoms with Crippen LogP contribution >= 0.6 is 11.8 Å². The molecule has 2 heterocycles. The second kappa shape index (κ2) is 7.42. The summed E-state index contributed by atoms with van der Waals surface area (Å²) in [5.41, 5.74) is 0.181. The Labute approximate surface area is 169 Å². The lowest BCUT2D eigenvalue weighted by atomic mass is 10.1. The van der Waals surface area contributed by atoms with Gasteiger partial charge in [0, 0.05) is 17.3 Å². The fraction of sp³-hybridized carbons (Fsp3) is 0.211. The number of sulfone groups is 1. The number of nitrogens with zero attached hydrogens (tertiary/aromatic N) is 1. The third-order valence-electron chi connectivity index (χ3n) is 4.38. The van der Waals surface area contributed by atoms with Crippen molar-refractivity contribution in [3.05, 3.63) is 59.3 Å². The number of halogens is 3. The molecular formula is C19H16F3NO4S2. The summed E-state index contributed by atoms with van der Waals surface area (Å²) in [7, 11) is -3.35. The summed E-state index contributed by atoms with van der Waals surface area (Å²) >= 11 is 1.22. The van der Waals surface area contributed by atoms with Crippen LogP contribution in [0, 0.1) is 6.92 Å². The van der Waals surface area contributed by atoms with Gasteiger partial charge >= 0.3 is 12.1 Å². The summed E-state index contributed by atoms with van der Waals surface area (Å²) in [5, 5.41) is 9.76. The first-order chi connectivity index (χ1) is 13.4. The molecule has 0 atom stereocenters. The molecule has 0 aliphatic carbocycles. The van der Waals surface area contributed by atoms with Crippen LogP contribution in [-0.2, 0) is 27.2 Å². The molecule has 29 heavy (non-hydrogen) atoms. The van der Waals surface area contributed by atoms with Crippen molar-refractivity contribution in [2.75, 3.05) is 6.26 Å². The Kier molecular flexibility index (Phi) is 5.44. The van der Waals surface area contributed by atoms with Crippen molar-refractivity contribution in [2.24, 2.45) is 0 Å². The zero-order chi connectivity index (χ0) is 21.6. The molecule has 1 N–H and O–H groups in total. The van der Waals surface area contributed by atoms with Gasteiger partial charge < -0.3 is 9.51 Å². The molecule has 0 unspecified atom stereocenters. The number of aromatic nitrogens is 1. The molecule has 0 aliphatic heterocycles. The highest BCUT2D eigenvalue weighted by atomic mass is 32.2. The van der Waals surface area contributed by atoms with Gasteiger partial charge in [0.1, 0.15) is 0 Å². The van der Waals surface area contributed by atoms with Crippen molar-refractivity contribution in [3.63, 3.8) is 0 Å². The largest absolute Gasteiger partial charge is 0.481 e. The normalized spacial score (nSPS) is 12.4. The summed E-state index contributed by atoms with van der Waals surface area (Å²) in [4.78, 5) is 12.1. The van der Waals surface area contributed by atoms with Crippen LogP contribution < -0.4 is 0 Å². The number of hydrogen-bond acceptors (Lipinski definition) is 4. The molecule has 0 saturated carbocycles. The van der Waals surface area contributed by atoms with Gasteiger partial charge in [-0.15, -0.1) is 0 Å². The van der Waals surface area contributed by atoms with E-state index in [0.717, 1.165) is 18.4 Å². The van der Waals surface area contributed by atoms with E-state index in [1.54, 1.807) is 19.1 Å². The topological polar surface area (TPSA) is 75.8 Å². The van der Waals surface area contributed by atoms with Crippen molar-refractivity contribution in [2.45, 2.75) is 34.3 Å². The van der Waals surface area contributed by atoms with Crippen LogP contribution in [0.1, 0.15) is 16.7 Å². The average Bonchev–Trinajstić information content (AvgIpc) is 2.85. The number of carboxylic acids is 1. The average molecular weight is 443 g/mol. The van der Waals surface area contributed by atoms with E-state index in [2.05, 4.69) is 0 Å². The lowest BCUT2D eigenvalue weighted by Crippen LogP contribution is -2.06. The van der Waals surface area contributed by atoms with Gasteiger partial charge in [-0.1, -0.05) is 11.8 Å². The fourth-order valence-corrected chi connectivity index (χ4v) is 4.61. The number of aliphatic carboxylic acids is 1. The smallest absolute Gasteiger partial charge is 0.416 e. The highest BCUT2D eigenvalue weighted by Gasteiger charge is 2.31. The number of alkyl halides is 3. The van der Waals surface area contributed by atoms with Gasteiger partial charge in [-0.2, -0.15) is 13.2 Å². The van der Waals surface area contributed by atoms with Gasteiger partial charge in [0.15, 0.2) is 9.84 Å². The van der Waals surface area contributed by atoms with Crippen LogP contribution in [0.3, 0.4) is 0 Å². The molecule has 3 rings (SSSR count). The molecule has 0 amide bonds. The van der Waals surface area contributed by atoms with Gasteiger partial charge in [0.05, 0.1) is 27.4 Å². The van der Waals surface area contributed by atoms with E-state index in [0.29, 0.717) is 21.0 Å². The monoisotopic (exact) mass is 443 g/mol. The van der Waals surface area contributed by atoms with E-state index in [4.69, 9.17) is 0 Å². The van der Waals surface area contributed by atoms with E-state index in [1.165, 1.54) is 34.5 Å². The van der Waals surface area contributed by atoms with E-state index >= 15 is 0 Å². The van der Waals surface area contributed by atoms with Gasteiger partial charge in [-0.3, -0.25) is 4.79 Å². The molecule has 0 fully saturated rings. The molecule has 154 valence electrons. The van der Waals surface area contributed by atoms with E-state index in [-0.39, 0.29) is 10.4 Å². The number of pyridine rings is 1. The summed E-state index contributed by atoms with van der Waals surface area (Å²) in [5.74, 6) is -1.15. The number of benzene rings is 1. The molecule has 5 nitrogen and oxygen atoms in total. The second-order valence-electron chi connectivity index (χ2n) is 6.49. The van der Waals surface area contributed by atoms with E-state index < -0.39 is 34.0 Å². The van der Waals surface area contributed by atoms with Crippen LogP contribution in [0.4, 0.5) is 13.2 Å². The van der Waals surface area contributed by atoms with Crippen molar-refractivity contribution in [1.29, 1.82) is 0 Å². The lowest BCUT2D eigenvalue weighted by Gasteiger charge is -2.09. The van der Waals surface area contributed by atoms with Crippen molar-refractivity contribution < 1.29 is 31.5 Å². The van der Waals surface area contributed by atoms with Gasteiger partial charge in [-0.25, -0.2) is 8.42 Å². The van der Waals surface area contributed by atoms with Crippen LogP contribution in [0.15, 0.2) is 57.4 Å². The molecule has 2 aromatic heterocycles. The standard InChI is InChI=1S/C19H16F3NO4S2/c1-11-15(10-17(24)25)16-9-12(19(20,21)22)7-8-23(16)18(11)28-13-3-5-14(6-4-13)29(2,26)27/h3-9H,10H2,1-2H3,(H,24,25). The van der Waals surface area contributed by atoms with Crippen LogP contribution in [0.2, 0.25) is 0 Å². The molecule has 1 aromatic carbocycles. The highest BCUT2D eigenvalue weighted by Crippen LogP contribution is 2.38. The molecule has 0 spiro atoms. The molecule has 0 bridgehead atoms. The zero-order valence-electron chi connectivity index (χ0n) is 15.3. The summed E-state index contributed by atoms with van der Waals surface area (Å²) in [6.45, 7) is 1.66. The van der Waals surface area contributed by atoms with Crippen molar-refractivity contribution >= 4 is 33.1 Å². The number of hydrogen-bond donors (Lipinski definition) is 1. The Bertz CT molecular complexity index is 1200. The van der Waals surface area contributed by atoms with Crippen LogP contribution in [0.25, 0.3) is 5.52 Å². The number of carbonyl (C=O) groups is 1. The Morgan fingerprint density at radius 1 is 1.17 bits per heavy atom. The maximum absolute atomic E-state index is 13.1. The van der Waals surface area contributed by atoms with Gasteiger partial charge in [0.25, 0.3) is 0 Å². The maximum Gasteiger partial charge on any atom is 0.416 e. The van der Waals surface area contributed by atoms with Gasteiger partial charge in [0.2, 0.25) is 0 Å². The first-order valence-corrected chi connectivity index (χ1v) is 11.0. The predicted octanol–water partition coefficient (Wildman–Crippen LogP) is 4.45. The summed E-state index contributed by atoms with van der Waals surface area (Å²) < 4.78 is 64.1. The highest BCUT2D eigenvalue weighted by molar-refractivity contribution is 7.99. The van der Waals surface area contributed by atoms with Crippen LogP contribution in [0.5, 0.6) is 0 Å². The van der Waals surface area contributed by atoms with Crippen LogP contribution in [-0.4, -0.2) is 30.2 Å². The Morgan fingerprint density at radius 3 is 2.31 bits per heavy atom. The minimum atomic E-state index is -4.55. The summed E-state index contributed by atoms with van der Waals surface area (Å²) in [6.07, 6.45) is -2.60. The Morgan fingerprint density at radius 2 is 1.79 bits per heavy atom. The molecule has 0 aliphatic rings.